The molecule has 192 valence electrons. The van der Waals surface area contributed by atoms with Gasteiger partial charge in [-0.25, -0.2) is 23.1 Å². The SMILES string of the molecule is CS(=O)(=O)c1c([C@@H]2C[C@H]3CC[C@@H](C2)N3C(=O)CO)nc2c(-c3ccc(-n4cccn4)nc3)cnn2c1N. The number of hydrogen-bond acceptors (Lipinski definition) is 9. The van der Waals surface area contributed by atoms with Crippen LogP contribution in [0.4, 0.5) is 5.82 Å². The van der Waals surface area contributed by atoms with Crippen LogP contribution in [0.15, 0.2) is 47.9 Å². The van der Waals surface area contributed by atoms with Crippen molar-refractivity contribution in [2.45, 2.75) is 48.6 Å². The van der Waals surface area contributed by atoms with E-state index in [0.717, 1.165) is 24.7 Å². The highest BCUT2D eigenvalue weighted by Gasteiger charge is 2.45. The number of fused-ring (bicyclic) bond motifs is 3. The van der Waals surface area contributed by atoms with E-state index in [1.54, 1.807) is 34.4 Å². The van der Waals surface area contributed by atoms with Gasteiger partial charge in [0.25, 0.3) is 0 Å². The molecule has 1 amide bonds. The van der Waals surface area contributed by atoms with E-state index in [9.17, 15) is 18.3 Å². The molecule has 0 aliphatic carbocycles. The molecule has 2 bridgehead atoms. The smallest absolute Gasteiger partial charge is 0.248 e. The highest BCUT2D eigenvalue weighted by atomic mass is 32.2. The van der Waals surface area contributed by atoms with Gasteiger partial charge in [0.15, 0.2) is 21.3 Å². The first-order chi connectivity index (χ1) is 17.8. The molecule has 2 fully saturated rings. The van der Waals surface area contributed by atoms with Gasteiger partial charge in [-0.05, 0) is 43.9 Å². The van der Waals surface area contributed by atoms with E-state index < -0.39 is 16.4 Å². The molecule has 0 spiro atoms. The van der Waals surface area contributed by atoms with Gasteiger partial charge in [0.05, 0.1) is 11.9 Å². The second kappa shape index (κ2) is 8.63. The number of aromatic nitrogens is 6. The average Bonchev–Trinajstić information content (AvgIpc) is 3.61. The lowest BCUT2D eigenvalue weighted by Crippen LogP contribution is -2.47. The summed E-state index contributed by atoms with van der Waals surface area (Å²) in [5.74, 6) is 0.162. The third-order valence-electron chi connectivity index (χ3n) is 7.38. The van der Waals surface area contributed by atoms with Crippen LogP contribution >= 0.6 is 0 Å². The van der Waals surface area contributed by atoms with Crippen molar-refractivity contribution in [1.29, 1.82) is 0 Å². The average molecular weight is 523 g/mol. The fourth-order valence-electron chi connectivity index (χ4n) is 5.85. The van der Waals surface area contributed by atoms with Crippen molar-refractivity contribution in [3.63, 3.8) is 0 Å². The van der Waals surface area contributed by atoms with Crippen LogP contribution in [0, 0.1) is 0 Å². The fraction of sp³-hybridized carbons (Fsp3) is 0.375. The molecule has 4 aromatic rings. The normalized spacial score (nSPS) is 21.6. The minimum absolute atomic E-state index is 0.0103. The fourth-order valence-corrected chi connectivity index (χ4v) is 6.91. The van der Waals surface area contributed by atoms with E-state index in [0.29, 0.717) is 35.6 Å². The number of aliphatic hydroxyl groups excluding tert-OH is 1. The van der Waals surface area contributed by atoms with Crippen LogP contribution in [0.3, 0.4) is 0 Å². The van der Waals surface area contributed by atoms with Crippen LogP contribution in [-0.2, 0) is 14.6 Å². The maximum atomic E-state index is 12.9. The Morgan fingerprint density at radius 3 is 2.51 bits per heavy atom. The Bertz CT molecular complexity index is 1580. The van der Waals surface area contributed by atoms with Crippen molar-refractivity contribution >= 4 is 27.2 Å². The first-order valence-electron chi connectivity index (χ1n) is 12.0. The summed E-state index contributed by atoms with van der Waals surface area (Å²) < 4.78 is 28.8. The molecule has 0 saturated carbocycles. The topological polar surface area (TPSA) is 162 Å². The number of anilines is 1. The summed E-state index contributed by atoms with van der Waals surface area (Å²) in [4.78, 5) is 23.4. The standard InChI is InChI=1S/C24H26N8O4S/c1-37(35,36)22-21(15-9-16-4-5-17(10-15)31(16)20(34)13-33)29-24-18(12-28-32(24)23(22)25)14-3-6-19(26-11-14)30-8-2-7-27-30/h2-3,6-8,11-12,15-17,33H,4-5,9-10,13,25H2,1H3/t15-,16-,17+. The van der Waals surface area contributed by atoms with Gasteiger partial charge < -0.3 is 15.7 Å². The quantitative estimate of drug-likeness (QED) is 0.392. The Balaban J connectivity index is 1.45. The first kappa shape index (κ1) is 23.6. The van der Waals surface area contributed by atoms with Gasteiger partial charge in [-0.2, -0.15) is 14.7 Å². The maximum Gasteiger partial charge on any atom is 0.248 e. The number of carbonyl (C=O) groups excluding carboxylic acids is 1. The number of amides is 1. The highest BCUT2D eigenvalue weighted by Crippen LogP contribution is 2.45. The number of carbonyl (C=O) groups is 1. The highest BCUT2D eigenvalue weighted by molar-refractivity contribution is 7.91. The van der Waals surface area contributed by atoms with E-state index >= 15 is 0 Å². The number of sulfone groups is 1. The van der Waals surface area contributed by atoms with Crippen molar-refractivity contribution in [2.24, 2.45) is 0 Å². The molecular formula is C24H26N8O4S. The van der Waals surface area contributed by atoms with Gasteiger partial charge in [0, 0.05) is 54.0 Å². The number of rotatable bonds is 5. The second-order valence-electron chi connectivity index (χ2n) is 9.65. The van der Waals surface area contributed by atoms with Crippen LogP contribution in [0.5, 0.6) is 0 Å². The molecule has 0 unspecified atom stereocenters. The van der Waals surface area contributed by atoms with Crippen molar-refractivity contribution in [3.05, 3.63) is 48.7 Å². The maximum absolute atomic E-state index is 12.9. The Labute approximate surface area is 212 Å². The minimum Gasteiger partial charge on any atom is -0.387 e. The summed E-state index contributed by atoms with van der Waals surface area (Å²) in [5.41, 5.74) is 8.70. The molecule has 2 aliphatic heterocycles. The Morgan fingerprint density at radius 2 is 1.92 bits per heavy atom. The molecule has 6 rings (SSSR count). The molecule has 13 heteroatoms. The Kier molecular flexibility index (Phi) is 5.49. The number of piperidine rings is 1. The van der Waals surface area contributed by atoms with E-state index in [4.69, 9.17) is 10.7 Å². The lowest BCUT2D eigenvalue weighted by molar-refractivity contribution is -0.138. The Hall–Kier alpha value is -3.84. The first-order valence-corrected chi connectivity index (χ1v) is 13.9. The predicted molar refractivity (Wildman–Crippen MR) is 134 cm³/mol. The van der Waals surface area contributed by atoms with Crippen molar-refractivity contribution < 1.29 is 18.3 Å². The zero-order chi connectivity index (χ0) is 25.9. The molecule has 4 aromatic heterocycles. The van der Waals surface area contributed by atoms with Gasteiger partial charge in [0.1, 0.15) is 17.3 Å². The van der Waals surface area contributed by atoms with Crippen molar-refractivity contribution in [2.75, 3.05) is 18.6 Å². The minimum atomic E-state index is -3.73. The molecule has 3 atom stereocenters. The van der Waals surface area contributed by atoms with Gasteiger partial charge in [-0.15, -0.1) is 0 Å². The summed E-state index contributed by atoms with van der Waals surface area (Å²) in [6, 6.07) is 5.37. The van der Waals surface area contributed by atoms with Crippen LogP contribution in [0.25, 0.3) is 22.6 Å². The van der Waals surface area contributed by atoms with Crippen LogP contribution in [0.2, 0.25) is 0 Å². The summed E-state index contributed by atoms with van der Waals surface area (Å²) in [5, 5.41) is 17.9. The van der Waals surface area contributed by atoms with Crippen molar-refractivity contribution in [1.82, 2.24) is 34.3 Å². The molecule has 0 radical (unpaired) electrons. The van der Waals surface area contributed by atoms with Gasteiger partial charge in [0.2, 0.25) is 5.91 Å². The lowest BCUT2D eigenvalue weighted by atomic mass is 9.87. The molecule has 6 heterocycles. The Morgan fingerprint density at radius 1 is 1.16 bits per heavy atom. The van der Waals surface area contributed by atoms with E-state index in [2.05, 4.69) is 15.2 Å². The third-order valence-corrected chi connectivity index (χ3v) is 8.54. The molecule has 37 heavy (non-hydrogen) atoms. The van der Waals surface area contributed by atoms with Crippen molar-refractivity contribution in [3.8, 4) is 16.9 Å². The largest absolute Gasteiger partial charge is 0.387 e. The van der Waals surface area contributed by atoms with Gasteiger partial charge in [-0.3, -0.25) is 4.79 Å². The lowest BCUT2D eigenvalue weighted by Gasteiger charge is -2.39. The molecule has 2 saturated heterocycles. The van der Waals surface area contributed by atoms with Gasteiger partial charge >= 0.3 is 0 Å². The van der Waals surface area contributed by atoms with E-state index in [1.165, 1.54) is 4.52 Å². The number of nitrogens with two attached hydrogens (primary N) is 1. The number of pyridine rings is 1. The molecule has 0 aromatic carbocycles. The second-order valence-corrected chi connectivity index (χ2v) is 11.6. The summed E-state index contributed by atoms with van der Waals surface area (Å²) in [6.45, 7) is -0.532. The van der Waals surface area contributed by atoms with Crippen LogP contribution in [0.1, 0.15) is 37.3 Å². The number of nitrogens with zero attached hydrogens (tertiary/aromatic N) is 7. The molecule has 3 N–H and O–H groups in total. The molecule has 12 nitrogen and oxygen atoms in total. The third kappa shape index (κ3) is 3.85. The number of aliphatic hydroxyl groups is 1. The van der Waals surface area contributed by atoms with Crippen LogP contribution in [-0.4, -0.2) is 78.6 Å². The predicted octanol–water partition coefficient (Wildman–Crippen LogP) is 1.19. The monoisotopic (exact) mass is 522 g/mol. The number of nitrogen functional groups attached to an aromatic ring is 1. The zero-order valence-electron chi connectivity index (χ0n) is 20.1. The van der Waals surface area contributed by atoms with E-state index in [-0.39, 0.29) is 34.6 Å². The summed E-state index contributed by atoms with van der Waals surface area (Å²) in [7, 11) is -3.73. The summed E-state index contributed by atoms with van der Waals surface area (Å²) in [6.07, 6.45) is 10.6. The zero-order valence-corrected chi connectivity index (χ0v) is 20.9. The molecule has 2 aliphatic rings. The number of hydrogen-bond donors (Lipinski definition) is 2. The molecular weight excluding hydrogens is 496 g/mol. The van der Waals surface area contributed by atoms with Crippen LogP contribution < -0.4 is 5.73 Å². The van der Waals surface area contributed by atoms with Gasteiger partial charge in [-0.1, -0.05) is 0 Å². The summed E-state index contributed by atoms with van der Waals surface area (Å²) >= 11 is 0. The van der Waals surface area contributed by atoms with E-state index in [1.807, 2.05) is 18.2 Å².